The standard InChI is InChI=1S/C13H18BrN/c1-9-6-11(8-15-10(9)2)13(3)5-4-12(14)7-13/h6,8,12H,4-5,7H2,1-3H3. The van der Waals surface area contributed by atoms with Crippen molar-refractivity contribution in [2.75, 3.05) is 0 Å². The zero-order valence-corrected chi connectivity index (χ0v) is 11.3. The van der Waals surface area contributed by atoms with E-state index >= 15 is 0 Å². The van der Waals surface area contributed by atoms with Crippen LogP contribution in [0.25, 0.3) is 0 Å². The minimum absolute atomic E-state index is 0.333. The van der Waals surface area contributed by atoms with Gasteiger partial charge in [0.05, 0.1) is 0 Å². The molecule has 1 saturated carbocycles. The van der Waals surface area contributed by atoms with Gasteiger partial charge in [-0.15, -0.1) is 0 Å². The molecule has 1 aromatic rings. The second-order valence-corrected chi connectivity index (χ2v) is 6.32. The maximum atomic E-state index is 4.48. The van der Waals surface area contributed by atoms with Crippen LogP contribution in [0.1, 0.15) is 43.0 Å². The highest BCUT2D eigenvalue weighted by Gasteiger charge is 2.35. The molecule has 1 aliphatic carbocycles. The number of alkyl halides is 1. The molecule has 0 aliphatic heterocycles. The molecular weight excluding hydrogens is 250 g/mol. The summed E-state index contributed by atoms with van der Waals surface area (Å²) in [7, 11) is 0. The molecule has 2 unspecified atom stereocenters. The SMILES string of the molecule is Cc1cc(C2(C)CCC(Br)C2)cnc1C. The second kappa shape index (κ2) is 3.89. The molecule has 2 rings (SSSR count). The molecule has 1 aliphatic rings. The summed E-state index contributed by atoms with van der Waals surface area (Å²) in [6, 6.07) is 2.31. The first-order valence-corrected chi connectivity index (χ1v) is 6.51. The van der Waals surface area contributed by atoms with Gasteiger partial charge in [0.2, 0.25) is 0 Å². The third kappa shape index (κ3) is 2.10. The van der Waals surface area contributed by atoms with Crippen LogP contribution < -0.4 is 0 Å². The lowest BCUT2D eigenvalue weighted by atomic mass is 9.81. The van der Waals surface area contributed by atoms with Crippen LogP contribution in [0.5, 0.6) is 0 Å². The number of aromatic nitrogens is 1. The first kappa shape index (κ1) is 11.1. The topological polar surface area (TPSA) is 12.9 Å². The minimum Gasteiger partial charge on any atom is -0.261 e. The largest absolute Gasteiger partial charge is 0.261 e. The molecule has 1 nitrogen and oxygen atoms in total. The van der Waals surface area contributed by atoms with Crippen molar-refractivity contribution in [3.8, 4) is 0 Å². The van der Waals surface area contributed by atoms with E-state index in [1.54, 1.807) is 0 Å². The molecule has 0 saturated heterocycles. The molecule has 0 bridgehead atoms. The van der Waals surface area contributed by atoms with Crippen LogP contribution in [0.15, 0.2) is 12.3 Å². The highest BCUT2D eigenvalue weighted by atomic mass is 79.9. The van der Waals surface area contributed by atoms with Crippen molar-refractivity contribution in [2.24, 2.45) is 0 Å². The fourth-order valence-electron chi connectivity index (χ4n) is 2.40. The fraction of sp³-hybridized carbons (Fsp3) is 0.615. The Labute approximate surface area is 100 Å². The smallest absolute Gasteiger partial charge is 0.0401 e. The number of hydrogen-bond acceptors (Lipinski definition) is 1. The third-order valence-corrected chi connectivity index (χ3v) is 4.50. The van der Waals surface area contributed by atoms with Gasteiger partial charge < -0.3 is 0 Å². The zero-order valence-electron chi connectivity index (χ0n) is 9.68. The Bertz CT molecular complexity index is 375. The van der Waals surface area contributed by atoms with Crippen molar-refractivity contribution < 1.29 is 0 Å². The summed E-state index contributed by atoms with van der Waals surface area (Å²) in [5, 5.41) is 0. The van der Waals surface area contributed by atoms with Crippen LogP contribution >= 0.6 is 15.9 Å². The van der Waals surface area contributed by atoms with Crippen molar-refractivity contribution in [2.45, 2.75) is 50.3 Å². The van der Waals surface area contributed by atoms with Crippen LogP contribution in [0.2, 0.25) is 0 Å². The summed E-state index contributed by atoms with van der Waals surface area (Å²) in [5.41, 5.74) is 4.20. The van der Waals surface area contributed by atoms with Crippen molar-refractivity contribution in [3.05, 3.63) is 29.1 Å². The van der Waals surface area contributed by atoms with E-state index in [2.05, 4.69) is 53.9 Å². The van der Waals surface area contributed by atoms with Gasteiger partial charge in [-0.25, -0.2) is 0 Å². The van der Waals surface area contributed by atoms with Gasteiger partial charge in [-0.2, -0.15) is 0 Å². The molecule has 1 fully saturated rings. The summed E-state index contributed by atoms with van der Waals surface area (Å²) >= 11 is 3.72. The first-order valence-electron chi connectivity index (χ1n) is 5.59. The number of hydrogen-bond donors (Lipinski definition) is 0. The number of nitrogens with zero attached hydrogens (tertiary/aromatic N) is 1. The van der Waals surface area contributed by atoms with E-state index in [9.17, 15) is 0 Å². The maximum absolute atomic E-state index is 4.48. The Balaban J connectivity index is 2.33. The quantitative estimate of drug-likeness (QED) is 0.704. The third-order valence-electron chi connectivity index (χ3n) is 3.72. The van der Waals surface area contributed by atoms with Crippen LogP contribution in [0, 0.1) is 13.8 Å². The van der Waals surface area contributed by atoms with Crippen molar-refractivity contribution in [1.29, 1.82) is 0 Å². The van der Waals surface area contributed by atoms with Gasteiger partial charge in [0.1, 0.15) is 0 Å². The summed E-state index contributed by atoms with van der Waals surface area (Å²) in [6.45, 7) is 6.58. The summed E-state index contributed by atoms with van der Waals surface area (Å²) in [6.07, 6.45) is 5.85. The summed E-state index contributed by atoms with van der Waals surface area (Å²) in [4.78, 5) is 5.16. The summed E-state index contributed by atoms with van der Waals surface area (Å²) < 4.78 is 0. The van der Waals surface area contributed by atoms with Crippen molar-refractivity contribution in [1.82, 2.24) is 4.98 Å². The van der Waals surface area contributed by atoms with E-state index in [0.29, 0.717) is 10.2 Å². The maximum Gasteiger partial charge on any atom is 0.0401 e. The predicted octanol–water partition coefficient (Wildman–Crippen LogP) is 3.90. The van der Waals surface area contributed by atoms with Gasteiger partial charge in [-0.05, 0) is 49.7 Å². The number of aryl methyl sites for hydroxylation is 2. The van der Waals surface area contributed by atoms with Crippen LogP contribution in [-0.2, 0) is 5.41 Å². The number of pyridine rings is 1. The molecule has 1 aromatic heterocycles. The Morgan fingerprint density at radius 3 is 2.73 bits per heavy atom. The number of halogens is 1. The zero-order chi connectivity index (χ0) is 11.1. The van der Waals surface area contributed by atoms with E-state index in [-0.39, 0.29) is 0 Å². The van der Waals surface area contributed by atoms with Crippen molar-refractivity contribution in [3.63, 3.8) is 0 Å². The summed E-state index contributed by atoms with van der Waals surface area (Å²) in [5.74, 6) is 0. The average molecular weight is 268 g/mol. The monoisotopic (exact) mass is 267 g/mol. The molecule has 82 valence electrons. The van der Waals surface area contributed by atoms with E-state index in [1.807, 2.05) is 0 Å². The lowest BCUT2D eigenvalue weighted by Crippen LogP contribution is -2.18. The van der Waals surface area contributed by atoms with Crippen LogP contribution in [-0.4, -0.2) is 9.81 Å². The lowest BCUT2D eigenvalue weighted by Gasteiger charge is -2.24. The van der Waals surface area contributed by atoms with Crippen molar-refractivity contribution >= 4 is 15.9 Å². The molecule has 0 aromatic carbocycles. The van der Waals surface area contributed by atoms with Gasteiger partial charge in [0.15, 0.2) is 0 Å². The normalized spacial score (nSPS) is 30.8. The minimum atomic E-state index is 0.333. The molecule has 0 radical (unpaired) electrons. The lowest BCUT2D eigenvalue weighted by molar-refractivity contribution is 0.490. The van der Waals surface area contributed by atoms with E-state index in [4.69, 9.17) is 0 Å². The number of rotatable bonds is 1. The van der Waals surface area contributed by atoms with Gasteiger partial charge in [0.25, 0.3) is 0 Å². The van der Waals surface area contributed by atoms with Gasteiger partial charge >= 0.3 is 0 Å². The van der Waals surface area contributed by atoms with E-state index in [0.717, 1.165) is 5.69 Å². The van der Waals surface area contributed by atoms with Gasteiger partial charge in [-0.3, -0.25) is 4.98 Å². The Morgan fingerprint density at radius 1 is 1.47 bits per heavy atom. The van der Waals surface area contributed by atoms with E-state index in [1.165, 1.54) is 30.4 Å². The fourth-order valence-corrected chi connectivity index (χ4v) is 3.35. The van der Waals surface area contributed by atoms with E-state index < -0.39 is 0 Å². The first-order chi connectivity index (χ1) is 7.01. The molecular formula is C13H18BrN. The molecule has 0 spiro atoms. The van der Waals surface area contributed by atoms with Crippen LogP contribution in [0.3, 0.4) is 0 Å². The predicted molar refractivity (Wildman–Crippen MR) is 67.6 cm³/mol. The van der Waals surface area contributed by atoms with Gasteiger partial charge in [-0.1, -0.05) is 28.9 Å². The second-order valence-electron chi connectivity index (χ2n) is 5.03. The highest BCUT2D eigenvalue weighted by Crippen LogP contribution is 2.43. The molecule has 15 heavy (non-hydrogen) atoms. The van der Waals surface area contributed by atoms with Gasteiger partial charge in [0, 0.05) is 16.7 Å². The average Bonchev–Trinajstić information content (AvgIpc) is 2.52. The Kier molecular flexibility index (Phi) is 2.89. The molecule has 1 heterocycles. The van der Waals surface area contributed by atoms with Crippen LogP contribution in [0.4, 0.5) is 0 Å². The molecule has 2 atom stereocenters. The Hall–Kier alpha value is -0.370. The Morgan fingerprint density at radius 2 is 2.20 bits per heavy atom. The molecule has 2 heteroatoms. The highest BCUT2D eigenvalue weighted by molar-refractivity contribution is 9.09. The molecule has 0 N–H and O–H groups in total. The molecule has 0 amide bonds.